The summed E-state index contributed by atoms with van der Waals surface area (Å²) in [6, 6.07) is 18.6. The number of alkyl halides is 9. The summed E-state index contributed by atoms with van der Waals surface area (Å²) in [6.07, 6.45) is -15.2. The van der Waals surface area contributed by atoms with Gasteiger partial charge in [-0.3, -0.25) is 0 Å². The summed E-state index contributed by atoms with van der Waals surface area (Å²) in [5.41, 5.74) is -3.94. The van der Waals surface area contributed by atoms with E-state index in [2.05, 4.69) is 0 Å². The van der Waals surface area contributed by atoms with Crippen LogP contribution in [0.25, 0.3) is 0 Å². The minimum absolute atomic E-state index is 0.0933. The van der Waals surface area contributed by atoms with Crippen molar-refractivity contribution in [3.8, 4) is 0 Å². The van der Waals surface area contributed by atoms with Crippen LogP contribution in [0.5, 0.6) is 0 Å². The van der Waals surface area contributed by atoms with Gasteiger partial charge < -0.3 is 0 Å². The van der Waals surface area contributed by atoms with Gasteiger partial charge in [-0.2, -0.15) is 0 Å². The zero-order valence-electron chi connectivity index (χ0n) is 19.0. The Morgan fingerprint density at radius 3 is 0.947 bits per heavy atom. The number of rotatable bonds is 4. The Balaban J connectivity index is 2.45. The van der Waals surface area contributed by atoms with Crippen LogP contribution in [0.2, 0.25) is 0 Å². The maximum absolute atomic E-state index is 14.5. The van der Waals surface area contributed by atoms with E-state index in [-0.39, 0.29) is 5.30 Å². The van der Waals surface area contributed by atoms with Crippen LogP contribution < -0.4 is 21.2 Å². The van der Waals surface area contributed by atoms with Gasteiger partial charge in [0.15, 0.2) is 0 Å². The second kappa shape index (κ2) is 9.55. The van der Waals surface area contributed by atoms with E-state index in [1.807, 2.05) is 0 Å². The fourth-order valence-electron chi connectivity index (χ4n) is 4.75. The molecule has 0 bridgehead atoms. The number of benzene rings is 4. The summed E-state index contributed by atoms with van der Waals surface area (Å²) in [5, 5.41) is -2.08. The van der Waals surface area contributed by atoms with E-state index in [1.165, 1.54) is 70.6 Å². The van der Waals surface area contributed by atoms with E-state index in [4.69, 9.17) is 0 Å². The molecular weight excluding hydrogens is 653 g/mol. The Bertz CT molecular complexity index is 1320. The van der Waals surface area contributed by atoms with E-state index in [1.54, 1.807) is 0 Å². The van der Waals surface area contributed by atoms with Crippen LogP contribution in [0, 0.1) is 0 Å². The molecule has 11 heteroatoms. The molecule has 0 aliphatic carbocycles. The van der Waals surface area contributed by atoms with Gasteiger partial charge in [0.1, 0.15) is 0 Å². The summed E-state index contributed by atoms with van der Waals surface area (Å²) in [5.74, 6) is 0. The van der Waals surface area contributed by atoms with Crippen molar-refractivity contribution in [1.82, 2.24) is 0 Å². The minimum atomic E-state index is -5.50. The number of hydrogen-bond donors (Lipinski definition) is 0. The van der Waals surface area contributed by atoms with Gasteiger partial charge >= 0.3 is 225 Å². The molecule has 0 saturated carbocycles. The normalized spacial score (nSPS) is 14.1. The molecular formula is C27H17F9IP. The van der Waals surface area contributed by atoms with Gasteiger partial charge in [0.05, 0.1) is 0 Å². The molecule has 0 atom stereocenters. The third kappa shape index (κ3) is 4.49. The average Bonchev–Trinajstić information content (AvgIpc) is 2.87. The zero-order chi connectivity index (χ0) is 28.0. The molecule has 0 aliphatic heterocycles. The molecule has 0 heterocycles. The number of hydrogen-bond acceptors (Lipinski definition) is 0. The topological polar surface area (TPSA) is 0 Å². The van der Waals surface area contributed by atoms with Gasteiger partial charge in [0.2, 0.25) is 0 Å². The molecule has 4 rings (SSSR count). The molecule has 0 unspecified atom stereocenters. The van der Waals surface area contributed by atoms with Crippen LogP contribution in [0.15, 0.2) is 103 Å². The molecule has 38 heavy (non-hydrogen) atoms. The molecule has 0 radical (unpaired) electrons. The zero-order valence-corrected chi connectivity index (χ0v) is 22.1. The van der Waals surface area contributed by atoms with Crippen LogP contribution in [0.3, 0.4) is 0 Å². The Morgan fingerprint density at radius 2 is 0.658 bits per heavy atom. The molecule has 200 valence electrons. The van der Waals surface area contributed by atoms with Crippen molar-refractivity contribution in [1.29, 1.82) is 0 Å². The second-order valence-electron chi connectivity index (χ2n) is 8.39. The van der Waals surface area contributed by atoms with Crippen molar-refractivity contribution < 1.29 is 39.5 Å². The molecule has 4 aromatic carbocycles. The average molecular weight is 670 g/mol. The quantitative estimate of drug-likeness (QED) is 0.117. The van der Waals surface area contributed by atoms with Crippen molar-refractivity contribution in [2.45, 2.75) is 18.5 Å². The van der Waals surface area contributed by atoms with Crippen molar-refractivity contribution in [3.63, 3.8) is 0 Å². The summed E-state index contributed by atoms with van der Waals surface area (Å²) in [7, 11) is 0. The van der Waals surface area contributed by atoms with Crippen LogP contribution in [0.4, 0.5) is 39.5 Å². The molecule has 0 N–H and O–H groups in total. The molecule has 0 aliphatic rings. The first-order chi connectivity index (χ1) is 17.6. The molecule has 0 saturated heterocycles. The van der Waals surface area contributed by atoms with Crippen molar-refractivity contribution >= 4 is 47.5 Å². The molecule has 0 nitrogen and oxygen atoms in total. The first-order valence-electron chi connectivity index (χ1n) is 10.9. The van der Waals surface area contributed by atoms with Crippen molar-refractivity contribution in [3.05, 3.63) is 120 Å². The van der Waals surface area contributed by atoms with E-state index in [0.717, 1.165) is 36.4 Å². The third-order valence-electron chi connectivity index (χ3n) is 6.23. The van der Waals surface area contributed by atoms with Crippen LogP contribution >= 0.6 is 26.3 Å². The van der Waals surface area contributed by atoms with Crippen LogP contribution in [-0.4, -0.2) is 0 Å². The SMILES string of the molecule is FC(F)(F)c1ccccc1P(I)(c1ccccc1)(c1ccccc1C(F)(F)F)c1ccccc1C(F)(F)F. The van der Waals surface area contributed by atoms with E-state index in [9.17, 15) is 39.5 Å². The van der Waals surface area contributed by atoms with Gasteiger partial charge in [-0.25, -0.2) is 0 Å². The van der Waals surface area contributed by atoms with Crippen LogP contribution in [0.1, 0.15) is 16.7 Å². The molecule has 0 spiro atoms. The maximum atomic E-state index is 14.5. The van der Waals surface area contributed by atoms with E-state index >= 15 is 0 Å². The van der Waals surface area contributed by atoms with Gasteiger partial charge in [0, 0.05) is 0 Å². The molecule has 4 aromatic rings. The summed E-state index contributed by atoms with van der Waals surface area (Å²) in [4.78, 5) is 0. The Morgan fingerprint density at radius 1 is 0.395 bits per heavy atom. The van der Waals surface area contributed by atoms with Gasteiger partial charge in [0.25, 0.3) is 0 Å². The third-order valence-corrected chi connectivity index (χ3v) is 17.7. The molecule has 0 aromatic heterocycles. The van der Waals surface area contributed by atoms with E-state index in [0.29, 0.717) is 18.2 Å². The molecule has 0 fully saturated rings. The van der Waals surface area contributed by atoms with Crippen LogP contribution in [-0.2, 0) is 18.5 Å². The second-order valence-corrected chi connectivity index (χ2v) is 18.2. The predicted octanol–water partition coefficient (Wildman–Crippen LogP) is 8.25. The monoisotopic (exact) mass is 670 g/mol. The standard InChI is InChI=1S/C27H17F9IP/c28-25(29,30)19-12-4-7-15-22(19)38(37,18-10-2-1-3-11-18,23-16-8-5-13-20(23)26(31,32)33)24-17-9-6-14-21(24)27(34,35)36/h1-17H. The van der Waals surface area contributed by atoms with Crippen molar-refractivity contribution in [2.24, 2.45) is 0 Å². The van der Waals surface area contributed by atoms with Gasteiger partial charge in [-0.05, 0) is 0 Å². The first kappa shape index (κ1) is 28.4. The Hall–Kier alpha value is -2.59. The predicted molar refractivity (Wildman–Crippen MR) is 140 cm³/mol. The number of halogens is 10. The fraction of sp³-hybridized carbons (Fsp3) is 0.111. The Labute approximate surface area is 224 Å². The molecule has 0 amide bonds. The Kier molecular flexibility index (Phi) is 7.14. The summed E-state index contributed by atoms with van der Waals surface area (Å²) in [6.45, 7) is 0. The van der Waals surface area contributed by atoms with E-state index < -0.39 is 55.4 Å². The fourth-order valence-corrected chi connectivity index (χ4v) is 14.9. The van der Waals surface area contributed by atoms with Gasteiger partial charge in [-0.1, -0.05) is 0 Å². The summed E-state index contributed by atoms with van der Waals surface area (Å²) >= 11 is 1.50. The first-order valence-corrected chi connectivity index (χ1v) is 15.9. The van der Waals surface area contributed by atoms with Crippen molar-refractivity contribution in [2.75, 3.05) is 0 Å². The van der Waals surface area contributed by atoms with Gasteiger partial charge in [-0.15, -0.1) is 0 Å². The summed E-state index contributed by atoms with van der Waals surface area (Å²) < 4.78 is 125.